The van der Waals surface area contributed by atoms with Gasteiger partial charge in [-0.1, -0.05) is 16.8 Å². The standard InChI is InChI=1S/C12H10ClNO5/c1-5-6(13)3-9(18-2)11(15)10(5)8-4-7(12(16)17)14-19-8/h3-4,15H,1-2H3,(H,16,17). The number of phenols is 1. The molecule has 2 rings (SSSR count). The van der Waals surface area contributed by atoms with Crippen molar-refractivity contribution in [1.82, 2.24) is 5.16 Å². The van der Waals surface area contributed by atoms with E-state index in [-0.39, 0.29) is 28.5 Å². The number of carbonyl (C=O) groups is 1. The molecule has 2 N–H and O–H groups in total. The fourth-order valence-electron chi connectivity index (χ4n) is 1.66. The van der Waals surface area contributed by atoms with Crippen molar-refractivity contribution in [3.05, 3.63) is 28.4 Å². The van der Waals surface area contributed by atoms with Crippen LogP contribution in [0.3, 0.4) is 0 Å². The minimum atomic E-state index is -1.22. The molecule has 2 aromatic rings. The van der Waals surface area contributed by atoms with Gasteiger partial charge in [-0.25, -0.2) is 4.79 Å². The Morgan fingerprint density at radius 1 is 1.47 bits per heavy atom. The topological polar surface area (TPSA) is 92.8 Å². The predicted octanol–water partition coefficient (Wildman–Crippen LogP) is 2.72. The number of aromatic nitrogens is 1. The van der Waals surface area contributed by atoms with Gasteiger partial charge in [-0.05, 0) is 12.5 Å². The van der Waals surface area contributed by atoms with Gasteiger partial charge in [0.1, 0.15) is 0 Å². The summed E-state index contributed by atoms with van der Waals surface area (Å²) in [6.07, 6.45) is 0. The molecule has 0 bridgehead atoms. The quantitative estimate of drug-likeness (QED) is 0.899. The van der Waals surface area contributed by atoms with Crippen molar-refractivity contribution >= 4 is 17.6 Å². The fourth-order valence-corrected chi connectivity index (χ4v) is 1.86. The minimum absolute atomic E-state index is 0.105. The zero-order chi connectivity index (χ0) is 14.2. The molecule has 1 aromatic heterocycles. The number of aromatic hydroxyl groups is 1. The van der Waals surface area contributed by atoms with Gasteiger partial charge in [0.25, 0.3) is 0 Å². The molecule has 6 nitrogen and oxygen atoms in total. The first-order chi connectivity index (χ1) is 8.95. The summed E-state index contributed by atoms with van der Waals surface area (Å²) in [5.74, 6) is -1.13. The molecule has 0 atom stereocenters. The Labute approximate surface area is 113 Å². The largest absolute Gasteiger partial charge is 0.504 e. The molecular weight excluding hydrogens is 274 g/mol. The summed E-state index contributed by atoms with van der Waals surface area (Å²) in [7, 11) is 1.38. The Hall–Kier alpha value is -2.21. The number of methoxy groups -OCH3 is 1. The molecule has 0 saturated heterocycles. The highest BCUT2D eigenvalue weighted by atomic mass is 35.5. The van der Waals surface area contributed by atoms with E-state index in [1.807, 2.05) is 0 Å². The first-order valence-electron chi connectivity index (χ1n) is 5.22. The van der Waals surface area contributed by atoms with E-state index in [4.69, 9.17) is 26.0 Å². The maximum Gasteiger partial charge on any atom is 0.358 e. The molecule has 0 saturated carbocycles. The summed E-state index contributed by atoms with van der Waals surface area (Å²) in [6, 6.07) is 2.67. The van der Waals surface area contributed by atoms with E-state index >= 15 is 0 Å². The lowest BCUT2D eigenvalue weighted by molar-refractivity contribution is 0.0686. The number of benzene rings is 1. The maximum absolute atomic E-state index is 10.8. The van der Waals surface area contributed by atoms with Crippen molar-refractivity contribution in [2.45, 2.75) is 6.92 Å². The van der Waals surface area contributed by atoms with Gasteiger partial charge < -0.3 is 19.5 Å². The van der Waals surface area contributed by atoms with Crippen molar-refractivity contribution < 1.29 is 24.3 Å². The van der Waals surface area contributed by atoms with Gasteiger partial charge in [0.15, 0.2) is 23.0 Å². The number of hydrogen-bond donors (Lipinski definition) is 2. The molecule has 0 aliphatic heterocycles. The van der Waals surface area contributed by atoms with Crippen molar-refractivity contribution in [2.75, 3.05) is 7.11 Å². The molecule has 19 heavy (non-hydrogen) atoms. The normalized spacial score (nSPS) is 10.5. The molecule has 7 heteroatoms. The third kappa shape index (κ3) is 2.22. The summed E-state index contributed by atoms with van der Waals surface area (Å²) in [4.78, 5) is 10.8. The summed E-state index contributed by atoms with van der Waals surface area (Å²) in [5.41, 5.74) is 0.533. The molecule has 0 aliphatic carbocycles. The van der Waals surface area contributed by atoms with Crippen LogP contribution in [0.2, 0.25) is 5.02 Å². The van der Waals surface area contributed by atoms with E-state index in [0.717, 1.165) is 0 Å². The van der Waals surface area contributed by atoms with Gasteiger partial charge >= 0.3 is 5.97 Å². The van der Waals surface area contributed by atoms with E-state index in [2.05, 4.69) is 5.16 Å². The zero-order valence-electron chi connectivity index (χ0n) is 10.1. The molecule has 1 aromatic carbocycles. The van der Waals surface area contributed by atoms with Crippen LogP contribution in [0.5, 0.6) is 11.5 Å². The maximum atomic E-state index is 10.8. The van der Waals surface area contributed by atoms with Crippen molar-refractivity contribution in [3.63, 3.8) is 0 Å². The lowest BCUT2D eigenvalue weighted by Gasteiger charge is -2.11. The van der Waals surface area contributed by atoms with Gasteiger partial charge in [0, 0.05) is 17.2 Å². The Morgan fingerprint density at radius 3 is 2.68 bits per heavy atom. The number of carboxylic acid groups (broad SMARTS) is 1. The van der Waals surface area contributed by atoms with E-state index < -0.39 is 5.97 Å². The van der Waals surface area contributed by atoms with Gasteiger partial charge in [-0.2, -0.15) is 0 Å². The van der Waals surface area contributed by atoms with Crippen molar-refractivity contribution in [1.29, 1.82) is 0 Å². The SMILES string of the molecule is COc1cc(Cl)c(C)c(-c2cc(C(=O)O)no2)c1O. The Morgan fingerprint density at radius 2 is 2.16 bits per heavy atom. The van der Waals surface area contributed by atoms with Crippen LogP contribution >= 0.6 is 11.6 Å². The van der Waals surface area contributed by atoms with E-state index in [9.17, 15) is 9.90 Å². The van der Waals surface area contributed by atoms with Crippen LogP contribution in [-0.2, 0) is 0 Å². The van der Waals surface area contributed by atoms with Crippen LogP contribution in [0.4, 0.5) is 0 Å². The highest BCUT2D eigenvalue weighted by molar-refractivity contribution is 6.32. The average Bonchev–Trinajstić information content (AvgIpc) is 2.83. The van der Waals surface area contributed by atoms with E-state index in [1.165, 1.54) is 19.2 Å². The van der Waals surface area contributed by atoms with Crippen molar-refractivity contribution in [2.24, 2.45) is 0 Å². The molecule has 0 fully saturated rings. The fraction of sp³-hybridized carbons (Fsp3) is 0.167. The third-order valence-electron chi connectivity index (χ3n) is 2.66. The molecule has 100 valence electrons. The second kappa shape index (κ2) is 4.81. The monoisotopic (exact) mass is 283 g/mol. The molecule has 1 heterocycles. The average molecular weight is 284 g/mol. The van der Waals surface area contributed by atoms with Gasteiger partial charge in [0.05, 0.1) is 12.7 Å². The molecule has 0 aliphatic rings. The van der Waals surface area contributed by atoms with Crippen LogP contribution in [0.1, 0.15) is 16.1 Å². The molecule has 0 unspecified atom stereocenters. The highest BCUT2D eigenvalue weighted by Crippen LogP contribution is 2.43. The van der Waals surface area contributed by atoms with Crippen LogP contribution < -0.4 is 4.74 Å². The van der Waals surface area contributed by atoms with Crippen LogP contribution in [0.15, 0.2) is 16.7 Å². The lowest BCUT2D eigenvalue weighted by atomic mass is 10.0. The highest BCUT2D eigenvalue weighted by Gasteiger charge is 2.21. The number of carboxylic acids is 1. The van der Waals surface area contributed by atoms with E-state index in [0.29, 0.717) is 10.6 Å². The third-order valence-corrected chi connectivity index (χ3v) is 3.05. The Bertz CT molecular complexity index is 650. The Balaban J connectivity index is 2.66. The van der Waals surface area contributed by atoms with Crippen LogP contribution in [0, 0.1) is 6.92 Å². The summed E-state index contributed by atoms with van der Waals surface area (Å²) in [6.45, 7) is 1.67. The van der Waals surface area contributed by atoms with Crippen LogP contribution in [0.25, 0.3) is 11.3 Å². The smallest absolute Gasteiger partial charge is 0.358 e. The summed E-state index contributed by atoms with van der Waals surface area (Å²) < 4.78 is 9.91. The van der Waals surface area contributed by atoms with Gasteiger partial charge in [-0.15, -0.1) is 0 Å². The first kappa shape index (κ1) is 13.2. The first-order valence-corrected chi connectivity index (χ1v) is 5.60. The number of nitrogens with zero attached hydrogens (tertiary/aromatic N) is 1. The number of ether oxygens (including phenoxy) is 1. The number of hydrogen-bond acceptors (Lipinski definition) is 5. The number of rotatable bonds is 3. The molecular formula is C12H10ClNO5. The zero-order valence-corrected chi connectivity index (χ0v) is 10.9. The van der Waals surface area contributed by atoms with Crippen molar-refractivity contribution in [3.8, 4) is 22.8 Å². The summed E-state index contributed by atoms with van der Waals surface area (Å²) in [5, 5.41) is 22.6. The molecule has 0 radical (unpaired) electrons. The van der Waals surface area contributed by atoms with E-state index in [1.54, 1.807) is 6.92 Å². The minimum Gasteiger partial charge on any atom is -0.504 e. The number of phenolic OH excluding ortho intramolecular Hbond substituents is 1. The lowest BCUT2D eigenvalue weighted by Crippen LogP contribution is -1.94. The molecule has 0 spiro atoms. The Kier molecular flexibility index (Phi) is 3.35. The van der Waals surface area contributed by atoms with Crippen LogP contribution in [-0.4, -0.2) is 28.4 Å². The predicted molar refractivity (Wildman–Crippen MR) is 66.9 cm³/mol. The second-order valence-electron chi connectivity index (χ2n) is 3.79. The summed E-state index contributed by atoms with van der Waals surface area (Å²) >= 11 is 6.02. The van der Waals surface area contributed by atoms with Gasteiger partial charge in [-0.3, -0.25) is 0 Å². The molecule has 0 amide bonds. The second-order valence-corrected chi connectivity index (χ2v) is 4.20. The number of halogens is 1. The van der Waals surface area contributed by atoms with Gasteiger partial charge in [0.2, 0.25) is 0 Å². The number of aromatic carboxylic acids is 1.